The number of nitrogens with one attached hydrogen (secondary N) is 1. The highest BCUT2D eigenvalue weighted by atomic mass is 32.2. The zero-order chi connectivity index (χ0) is 15.5. The Morgan fingerprint density at radius 2 is 1.90 bits per heavy atom. The monoisotopic (exact) mass is 315 g/mol. The van der Waals surface area contributed by atoms with E-state index in [0.29, 0.717) is 12.2 Å². The van der Waals surface area contributed by atoms with Gasteiger partial charge in [0.2, 0.25) is 10.0 Å². The van der Waals surface area contributed by atoms with E-state index in [1.54, 1.807) is 19.1 Å². The van der Waals surface area contributed by atoms with Crippen LogP contribution in [0.1, 0.15) is 24.7 Å². The molecule has 0 aliphatic heterocycles. The molecule has 1 aromatic carbocycles. The van der Waals surface area contributed by atoms with E-state index in [4.69, 9.17) is 4.42 Å². The van der Waals surface area contributed by atoms with Gasteiger partial charge in [-0.2, -0.15) is 0 Å². The Kier molecular flexibility index (Phi) is 4.74. The average Bonchev–Trinajstić information content (AvgIpc) is 2.90. The van der Waals surface area contributed by atoms with Crippen molar-refractivity contribution < 1.29 is 21.6 Å². The molecule has 7 heteroatoms. The third-order valence-corrected chi connectivity index (χ3v) is 4.55. The molecular weight excluding hydrogens is 300 g/mol. The smallest absolute Gasteiger partial charge is 0.265 e. The minimum atomic E-state index is -4.01. The van der Waals surface area contributed by atoms with Gasteiger partial charge < -0.3 is 4.42 Å². The quantitative estimate of drug-likeness (QED) is 0.891. The molecule has 21 heavy (non-hydrogen) atoms. The topological polar surface area (TPSA) is 59.3 Å². The van der Waals surface area contributed by atoms with E-state index in [2.05, 4.69) is 4.72 Å². The van der Waals surface area contributed by atoms with E-state index in [0.717, 1.165) is 6.07 Å². The van der Waals surface area contributed by atoms with Crippen LogP contribution in [0.4, 0.5) is 8.78 Å². The summed E-state index contributed by atoms with van der Waals surface area (Å²) in [5.41, 5.74) is -0.504. The lowest BCUT2D eigenvalue weighted by atomic mass is 10.2. The van der Waals surface area contributed by atoms with Crippen LogP contribution in [0.5, 0.6) is 0 Å². The lowest BCUT2D eigenvalue weighted by molar-refractivity contribution is 0.148. The van der Waals surface area contributed by atoms with E-state index in [1.165, 1.54) is 24.5 Å². The fourth-order valence-corrected chi connectivity index (χ4v) is 3.47. The number of sulfonamides is 1. The van der Waals surface area contributed by atoms with E-state index in [1.807, 2.05) is 0 Å². The van der Waals surface area contributed by atoms with Gasteiger partial charge in [0.15, 0.2) is 0 Å². The molecule has 0 saturated carbocycles. The molecule has 0 fully saturated rings. The Morgan fingerprint density at radius 3 is 2.52 bits per heavy atom. The first kappa shape index (κ1) is 15.7. The largest absolute Gasteiger partial charge is 0.469 e. The molecular formula is C14H15F2NO3S. The van der Waals surface area contributed by atoms with Crippen LogP contribution in [0.25, 0.3) is 0 Å². The second-order valence-electron chi connectivity index (χ2n) is 4.64. The third kappa shape index (κ3) is 3.89. The molecule has 0 saturated heterocycles. The van der Waals surface area contributed by atoms with Crippen LogP contribution in [-0.2, 0) is 16.4 Å². The maximum absolute atomic E-state index is 12.9. The molecule has 2 rings (SSSR count). The Bertz CT molecular complexity index is 684. The van der Waals surface area contributed by atoms with Gasteiger partial charge in [-0.15, -0.1) is 0 Å². The van der Waals surface area contributed by atoms with Crippen molar-refractivity contribution in [1.82, 2.24) is 4.72 Å². The number of alkyl halides is 2. The summed E-state index contributed by atoms with van der Waals surface area (Å²) in [5, 5.41) is 0. The fraction of sp³-hybridized carbons (Fsp3) is 0.286. The number of benzene rings is 1. The number of rotatable bonds is 6. The highest BCUT2D eigenvalue weighted by Gasteiger charge is 2.24. The molecule has 4 nitrogen and oxygen atoms in total. The van der Waals surface area contributed by atoms with Crippen molar-refractivity contribution in [3.63, 3.8) is 0 Å². The Labute approximate surface area is 121 Å². The van der Waals surface area contributed by atoms with E-state index >= 15 is 0 Å². The van der Waals surface area contributed by atoms with Gasteiger partial charge in [-0.3, -0.25) is 0 Å². The molecule has 0 aliphatic rings. The number of halogens is 2. The predicted octanol–water partition coefficient (Wildman–Crippen LogP) is 3.13. The molecule has 1 heterocycles. The Hall–Kier alpha value is -1.73. The summed E-state index contributed by atoms with van der Waals surface area (Å²) in [7, 11) is -4.01. The average molecular weight is 315 g/mol. The minimum Gasteiger partial charge on any atom is -0.469 e. The Balaban J connectivity index is 2.18. The van der Waals surface area contributed by atoms with E-state index in [9.17, 15) is 17.2 Å². The number of hydrogen-bond acceptors (Lipinski definition) is 3. The minimum absolute atomic E-state index is 0.336. The fourth-order valence-electron chi connectivity index (χ4n) is 2.01. The van der Waals surface area contributed by atoms with Crippen LogP contribution in [0.2, 0.25) is 0 Å². The van der Waals surface area contributed by atoms with Crippen molar-refractivity contribution in [3.05, 3.63) is 54.0 Å². The summed E-state index contributed by atoms with van der Waals surface area (Å²) < 4.78 is 57.7. The first-order valence-electron chi connectivity index (χ1n) is 6.32. The third-order valence-electron chi connectivity index (χ3n) is 2.89. The van der Waals surface area contributed by atoms with Gasteiger partial charge in [0.05, 0.1) is 11.2 Å². The first-order chi connectivity index (χ1) is 9.90. The molecule has 1 N–H and O–H groups in total. The van der Waals surface area contributed by atoms with Crippen LogP contribution < -0.4 is 4.72 Å². The summed E-state index contributed by atoms with van der Waals surface area (Å²) in [6.07, 6.45) is -1.02. The second kappa shape index (κ2) is 6.36. The van der Waals surface area contributed by atoms with Gasteiger partial charge in [0.1, 0.15) is 5.76 Å². The molecule has 114 valence electrons. The molecule has 1 atom stereocenters. The molecule has 1 unspecified atom stereocenters. The maximum atomic E-state index is 12.9. The van der Waals surface area contributed by atoms with Gasteiger partial charge in [-0.1, -0.05) is 18.2 Å². The summed E-state index contributed by atoms with van der Waals surface area (Å²) in [6.45, 7) is 1.64. The summed E-state index contributed by atoms with van der Waals surface area (Å²) in [6, 6.07) is 8.01. The number of furan rings is 1. The highest BCUT2D eigenvalue weighted by molar-refractivity contribution is 7.89. The van der Waals surface area contributed by atoms with Crippen LogP contribution >= 0.6 is 0 Å². The molecule has 0 aliphatic carbocycles. The standard InChI is InChI=1S/C14H15F2NO3S/c1-10(9-11-5-4-8-20-11)17-21(18,19)13-7-3-2-6-12(13)14(15)16/h2-8,10,14,17H,9H2,1H3. The number of hydrogen-bond donors (Lipinski definition) is 1. The molecule has 0 spiro atoms. The van der Waals surface area contributed by atoms with Gasteiger partial charge >= 0.3 is 0 Å². The van der Waals surface area contributed by atoms with Crippen LogP contribution in [-0.4, -0.2) is 14.5 Å². The summed E-state index contributed by atoms with van der Waals surface area (Å²) in [4.78, 5) is -0.397. The lowest BCUT2D eigenvalue weighted by Crippen LogP contribution is -2.34. The van der Waals surface area contributed by atoms with Crippen LogP contribution in [0.3, 0.4) is 0 Å². The van der Waals surface area contributed by atoms with Gasteiger partial charge in [0, 0.05) is 18.0 Å². The molecule has 2 aromatic rings. The summed E-state index contributed by atoms with van der Waals surface area (Å²) >= 11 is 0. The Morgan fingerprint density at radius 1 is 1.19 bits per heavy atom. The van der Waals surface area contributed by atoms with Crippen LogP contribution in [0.15, 0.2) is 52.0 Å². The first-order valence-corrected chi connectivity index (χ1v) is 7.80. The maximum Gasteiger partial charge on any atom is 0.265 e. The zero-order valence-electron chi connectivity index (χ0n) is 11.3. The normalized spacial score (nSPS) is 13.5. The zero-order valence-corrected chi connectivity index (χ0v) is 12.1. The van der Waals surface area contributed by atoms with Crippen molar-refractivity contribution in [2.24, 2.45) is 0 Å². The van der Waals surface area contributed by atoms with Crippen LogP contribution in [0, 0.1) is 0 Å². The van der Waals surface area contributed by atoms with Crippen molar-refractivity contribution in [1.29, 1.82) is 0 Å². The van der Waals surface area contributed by atoms with Crippen molar-refractivity contribution >= 4 is 10.0 Å². The highest BCUT2D eigenvalue weighted by Crippen LogP contribution is 2.26. The van der Waals surface area contributed by atoms with Gasteiger partial charge in [-0.05, 0) is 25.1 Å². The van der Waals surface area contributed by atoms with Crippen molar-refractivity contribution in [2.45, 2.75) is 30.7 Å². The second-order valence-corrected chi connectivity index (χ2v) is 6.33. The van der Waals surface area contributed by atoms with Crippen molar-refractivity contribution in [3.8, 4) is 0 Å². The molecule has 0 radical (unpaired) electrons. The van der Waals surface area contributed by atoms with Gasteiger partial charge in [0.25, 0.3) is 6.43 Å². The summed E-state index contributed by atoms with van der Waals surface area (Å²) in [5.74, 6) is 0.618. The lowest BCUT2D eigenvalue weighted by Gasteiger charge is -2.15. The molecule has 0 bridgehead atoms. The molecule has 0 amide bonds. The molecule has 1 aromatic heterocycles. The van der Waals surface area contributed by atoms with Crippen molar-refractivity contribution in [2.75, 3.05) is 0 Å². The predicted molar refractivity (Wildman–Crippen MR) is 73.6 cm³/mol. The van der Waals surface area contributed by atoms with E-state index in [-0.39, 0.29) is 0 Å². The van der Waals surface area contributed by atoms with E-state index < -0.39 is 32.9 Å². The van der Waals surface area contributed by atoms with Gasteiger partial charge in [-0.25, -0.2) is 21.9 Å². The SMILES string of the molecule is CC(Cc1ccco1)NS(=O)(=O)c1ccccc1C(F)F.